The Morgan fingerprint density at radius 1 is 1.31 bits per heavy atom. The van der Waals surface area contributed by atoms with Crippen molar-refractivity contribution in [3.63, 3.8) is 0 Å². The molecule has 92 valence electrons. The second-order valence-corrected chi connectivity index (χ2v) is 4.88. The van der Waals surface area contributed by atoms with Gasteiger partial charge in [0.05, 0.1) is 5.92 Å². The van der Waals surface area contributed by atoms with Gasteiger partial charge in [-0.1, -0.05) is 0 Å². The summed E-state index contributed by atoms with van der Waals surface area (Å²) >= 11 is 0. The number of nitrogens with one attached hydrogen (secondary N) is 2. The summed E-state index contributed by atoms with van der Waals surface area (Å²) in [6, 6.07) is 0. The Kier molecular flexibility index (Phi) is 4.60. The maximum absolute atomic E-state index is 11.8. The fourth-order valence-corrected chi connectivity index (χ4v) is 2.56. The van der Waals surface area contributed by atoms with E-state index < -0.39 is 0 Å². The largest absolute Gasteiger partial charge is 0.355 e. The van der Waals surface area contributed by atoms with E-state index in [9.17, 15) is 4.79 Å². The van der Waals surface area contributed by atoms with Crippen molar-refractivity contribution in [3.05, 3.63) is 0 Å². The SMILES string of the molecule is O=C(NCCN1CCCC1)C1CCCNC1. The first kappa shape index (κ1) is 11.9. The van der Waals surface area contributed by atoms with Crippen LogP contribution < -0.4 is 10.6 Å². The van der Waals surface area contributed by atoms with Crippen LogP contribution in [0.15, 0.2) is 0 Å². The molecule has 0 spiro atoms. The van der Waals surface area contributed by atoms with Gasteiger partial charge in [-0.05, 0) is 45.3 Å². The van der Waals surface area contributed by atoms with Crippen LogP contribution in [0.25, 0.3) is 0 Å². The first-order chi connectivity index (χ1) is 7.86. The standard InChI is InChI=1S/C12H23N3O/c16-12(11-4-3-5-13-10-11)14-6-9-15-7-1-2-8-15/h11,13H,1-10H2,(H,14,16). The van der Waals surface area contributed by atoms with Crippen LogP contribution in [0.4, 0.5) is 0 Å². The molecule has 2 saturated heterocycles. The smallest absolute Gasteiger partial charge is 0.224 e. The van der Waals surface area contributed by atoms with Gasteiger partial charge in [-0.25, -0.2) is 0 Å². The molecule has 1 unspecified atom stereocenters. The molecule has 16 heavy (non-hydrogen) atoms. The molecule has 2 aliphatic rings. The number of piperidine rings is 1. The molecule has 0 aliphatic carbocycles. The van der Waals surface area contributed by atoms with Gasteiger partial charge in [0.1, 0.15) is 0 Å². The zero-order chi connectivity index (χ0) is 11.2. The summed E-state index contributed by atoms with van der Waals surface area (Å²) in [5, 5.41) is 6.33. The number of hydrogen-bond acceptors (Lipinski definition) is 3. The van der Waals surface area contributed by atoms with Crippen molar-refractivity contribution >= 4 is 5.91 Å². The van der Waals surface area contributed by atoms with Gasteiger partial charge in [0, 0.05) is 19.6 Å². The van der Waals surface area contributed by atoms with Crippen molar-refractivity contribution < 1.29 is 4.79 Å². The molecule has 0 aromatic carbocycles. The molecule has 2 aliphatic heterocycles. The maximum Gasteiger partial charge on any atom is 0.224 e. The highest BCUT2D eigenvalue weighted by atomic mass is 16.1. The van der Waals surface area contributed by atoms with Crippen molar-refractivity contribution in [3.8, 4) is 0 Å². The van der Waals surface area contributed by atoms with E-state index in [1.807, 2.05) is 0 Å². The fraction of sp³-hybridized carbons (Fsp3) is 0.917. The van der Waals surface area contributed by atoms with Crippen LogP contribution in [-0.2, 0) is 4.79 Å². The highest BCUT2D eigenvalue weighted by Crippen LogP contribution is 2.09. The average molecular weight is 225 g/mol. The van der Waals surface area contributed by atoms with Crippen molar-refractivity contribution in [2.45, 2.75) is 25.7 Å². The van der Waals surface area contributed by atoms with E-state index in [2.05, 4.69) is 15.5 Å². The van der Waals surface area contributed by atoms with Crippen LogP contribution in [-0.4, -0.2) is 50.1 Å². The van der Waals surface area contributed by atoms with Gasteiger partial charge in [0.15, 0.2) is 0 Å². The molecule has 0 bridgehead atoms. The number of carbonyl (C=O) groups excluding carboxylic acids is 1. The first-order valence-corrected chi connectivity index (χ1v) is 6.57. The lowest BCUT2D eigenvalue weighted by molar-refractivity contribution is -0.125. The molecule has 0 aromatic heterocycles. The van der Waals surface area contributed by atoms with Crippen LogP contribution in [0.2, 0.25) is 0 Å². The second-order valence-electron chi connectivity index (χ2n) is 4.88. The first-order valence-electron chi connectivity index (χ1n) is 6.57. The van der Waals surface area contributed by atoms with E-state index in [0.717, 1.165) is 39.0 Å². The summed E-state index contributed by atoms with van der Waals surface area (Å²) in [5.41, 5.74) is 0. The molecule has 4 nitrogen and oxygen atoms in total. The van der Waals surface area contributed by atoms with E-state index in [4.69, 9.17) is 0 Å². The molecule has 0 saturated carbocycles. The minimum Gasteiger partial charge on any atom is -0.355 e. The molecule has 0 aromatic rings. The molecule has 1 amide bonds. The summed E-state index contributed by atoms with van der Waals surface area (Å²) in [6.45, 7) is 6.18. The summed E-state index contributed by atoms with van der Waals surface area (Å²) in [7, 11) is 0. The van der Waals surface area contributed by atoms with Crippen LogP contribution in [0.5, 0.6) is 0 Å². The third kappa shape index (κ3) is 3.46. The third-order valence-electron chi connectivity index (χ3n) is 3.59. The lowest BCUT2D eigenvalue weighted by atomic mass is 9.99. The monoisotopic (exact) mass is 225 g/mol. The molecule has 4 heteroatoms. The van der Waals surface area contributed by atoms with Gasteiger partial charge < -0.3 is 15.5 Å². The third-order valence-corrected chi connectivity index (χ3v) is 3.59. The predicted molar refractivity (Wildman–Crippen MR) is 64.3 cm³/mol. The second kappa shape index (κ2) is 6.21. The summed E-state index contributed by atoms with van der Waals surface area (Å²) in [6.07, 6.45) is 4.81. The van der Waals surface area contributed by atoms with Gasteiger partial charge in [0.25, 0.3) is 0 Å². The number of hydrogen-bond donors (Lipinski definition) is 2. The molecular weight excluding hydrogens is 202 g/mol. The fourth-order valence-electron chi connectivity index (χ4n) is 2.56. The van der Waals surface area contributed by atoms with Crippen molar-refractivity contribution in [2.24, 2.45) is 5.92 Å². The van der Waals surface area contributed by atoms with E-state index in [1.165, 1.54) is 25.9 Å². The summed E-state index contributed by atoms with van der Waals surface area (Å²) < 4.78 is 0. The van der Waals surface area contributed by atoms with Crippen molar-refractivity contribution in [1.29, 1.82) is 0 Å². The lowest BCUT2D eigenvalue weighted by Gasteiger charge is -2.22. The Balaban J connectivity index is 1.59. The molecule has 2 rings (SSSR count). The average Bonchev–Trinajstić information content (AvgIpc) is 2.83. The van der Waals surface area contributed by atoms with Crippen LogP contribution in [0.1, 0.15) is 25.7 Å². The Hall–Kier alpha value is -0.610. The molecular formula is C12H23N3O. The highest BCUT2D eigenvalue weighted by Gasteiger charge is 2.20. The van der Waals surface area contributed by atoms with E-state index in [-0.39, 0.29) is 11.8 Å². The molecule has 0 radical (unpaired) electrons. The van der Waals surface area contributed by atoms with Gasteiger partial charge in [-0.2, -0.15) is 0 Å². The normalized spacial score (nSPS) is 26.9. The Morgan fingerprint density at radius 3 is 2.81 bits per heavy atom. The quantitative estimate of drug-likeness (QED) is 0.718. The van der Waals surface area contributed by atoms with Gasteiger partial charge in [-0.3, -0.25) is 4.79 Å². The Morgan fingerprint density at radius 2 is 2.12 bits per heavy atom. The van der Waals surface area contributed by atoms with E-state index >= 15 is 0 Å². The zero-order valence-electron chi connectivity index (χ0n) is 10.0. The van der Waals surface area contributed by atoms with Crippen LogP contribution >= 0.6 is 0 Å². The molecule has 2 heterocycles. The van der Waals surface area contributed by atoms with Gasteiger partial charge >= 0.3 is 0 Å². The predicted octanol–water partition coefficient (Wildman–Crippen LogP) is 0.198. The highest BCUT2D eigenvalue weighted by molar-refractivity contribution is 5.78. The number of rotatable bonds is 4. The topological polar surface area (TPSA) is 44.4 Å². The Bertz CT molecular complexity index is 220. The molecule has 1 atom stereocenters. The zero-order valence-corrected chi connectivity index (χ0v) is 10.0. The number of carbonyl (C=O) groups is 1. The van der Waals surface area contributed by atoms with E-state index in [0.29, 0.717) is 0 Å². The van der Waals surface area contributed by atoms with Crippen LogP contribution in [0, 0.1) is 5.92 Å². The van der Waals surface area contributed by atoms with Crippen LogP contribution in [0.3, 0.4) is 0 Å². The summed E-state index contributed by atoms with van der Waals surface area (Å²) in [4.78, 5) is 14.2. The summed E-state index contributed by atoms with van der Waals surface area (Å²) in [5.74, 6) is 0.443. The van der Waals surface area contributed by atoms with Gasteiger partial charge in [-0.15, -0.1) is 0 Å². The number of nitrogens with zero attached hydrogens (tertiary/aromatic N) is 1. The maximum atomic E-state index is 11.8. The molecule has 2 fully saturated rings. The lowest BCUT2D eigenvalue weighted by Crippen LogP contribution is -2.42. The number of amides is 1. The Labute approximate surface area is 97.8 Å². The molecule has 2 N–H and O–H groups in total. The van der Waals surface area contributed by atoms with Crippen molar-refractivity contribution in [2.75, 3.05) is 39.3 Å². The number of likely N-dealkylation sites (tertiary alicyclic amines) is 1. The minimum atomic E-state index is 0.201. The van der Waals surface area contributed by atoms with Gasteiger partial charge in [0.2, 0.25) is 5.91 Å². The van der Waals surface area contributed by atoms with E-state index in [1.54, 1.807) is 0 Å². The van der Waals surface area contributed by atoms with Crippen molar-refractivity contribution in [1.82, 2.24) is 15.5 Å². The minimum absolute atomic E-state index is 0.201.